The molecular weight excluding hydrogens is 386 g/mol. The average Bonchev–Trinajstić information content (AvgIpc) is 3.43. The highest BCUT2D eigenvalue weighted by Gasteiger charge is 2.25. The van der Waals surface area contributed by atoms with Crippen molar-refractivity contribution < 1.29 is 4.74 Å². The maximum absolute atomic E-state index is 5.33. The van der Waals surface area contributed by atoms with Crippen LogP contribution in [-0.2, 0) is 30.8 Å². The van der Waals surface area contributed by atoms with E-state index in [0.717, 1.165) is 49.8 Å². The standard InChI is InChI=1S/C25H27N5O/c1-31-16-11-24-27-25(20-7-3-2-4-8-20)23-19-28(14-15-30(23)24)18-22-10-6-13-29(22)21-9-5-12-26-17-21/h2-10,12-13,17H,11,14-16,18-19H2,1H3. The lowest BCUT2D eigenvalue weighted by Crippen LogP contribution is -2.34. The number of ether oxygens (including phenoxy) is 1. The van der Waals surface area contributed by atoms with Gasteiger partial charge in [-0.3, -0.25) is 9.88 Å². The van der Waals surface area contributed by atoms with Gasteiger partial charge in [0, 0.05) is 63.4 Å². The van der Waals surface area contributed by atoms with Crippen molar-refractivity contribution in [2.24, 2.45) is 0 Å². The summed E-state index contributed by atoms with van der Waals surface area (Å²) in [6.45, 7) is 4.39. The van der Waals surface area contributed by atoms with E-state index in [2.05, 4.69) is 73.7 Å². The second kappa shape index (κ2) is 8.88. The molecule has 0 saturated heterocycles. The second-order valence-electron chi connectivity index (χ2n) is 7.88. The fraction of sp³-hybridized carbons (Fsp3) is 0.280. The summed E-state index contributed by atoms with van der Waals surface area (Å²) in [4.78, 5) is 11.8. The van der Waals surface area contributed by atoms with Crippen LogP contribution in [0.25, 0.3) is 16.9 Å². The van der Waals surface area contributed by atoms with E-state index in [4.69, 9.17) is 9.72 Å². The molecule has 4 heterocycles. The largest absolute Gasteiger partial charge is 0.384 e. The molecule has 31 heavy (non-hydrogen) atoms. The van der Waals surface area contributed by atoms with Crippen molar-refractivity contribution in [1.29, 1.82) is 0 Å². The molecule has 5 rings (SSSR count). The Hall–Kier alpha value is -3.22. The molecule has 0 N–H and O–H groups in total. The number of fused-ring (bicyclic) bond motifs is 1. The predicted octanol–water partition coefficient (Wildman–Crippen LogP) is 3.94. The normalized spacial score (nSPS) is 14.0. The van der Waals surface area contributed by atoms with Gasteiger partial charge in [-0.1, -0.05) is 30.3 Å². The van der Waals surface area contributed by atoms with Crippen LogP contribution in [0.4, 0.5) is 0 Å². The van der Waals surface area contributed by atoms with Crippen LogP contribution in [0.15, 0.2) is 73.2 Å². The van der Waals surface area contributed by atoms with Gasteiger partial charge in [-0.2, -0.15) is 0 Å². The minimum atomic E-state index is 0.688. The highest BCUT2D eigenvalue weighted by atomic mass is 16.5. The Balaban J connectivity index is 1.43. The van der Waals surface area contributed by atoms with Crippen LogP contribution in [0.1, 0.15) is 17.2 Å². The number of nitrogens with zero attached hydrogens (tertiary/aromatic N) is 5. The molecule has 0 radical (unpaired) electrons. The quantitative estimate of drug-likeness (QED) is 0.460. The maximum atomic E-state index is 5.33. The summed E-state index contributed by atoms with van der Waals surface area (Å²) in [6, 6.07) is 18.9. The lowest BCUT2D eigenvalue weighted by molar-refractivity contribution is 0.191. The number of imidazole rings is 1. The van der Waals surface area contributed by atoms with E-state index < -0.39 is 0 Å². The van der Waals surface area contributed by atoms with Crippen molar-refractivity contribution in [3.05, 3.63) is 90.4 Å². The van der Waals surface area contributed by atoms with Crippen LogP contribution in [0.3, 0.4) is 0 Å². The van der Waals surface area contributed by atoms with Gasteiger partial charge in [0.15, 0.2) is 0 Å². The fourth-order valence-corrected chi connectivity index (χ4v) is 4.36. The van der Waals surface area contributed by atoms with Crippen LogP contribution in [-0.4, -0.2) is 44.3 Å². The van der Waals surface area contributed by atoms with Gasteiger partial charge in [-0.25, -0.2) is 4.98 Å². The van der Waals surface area contributed by atoms with Crippen LogP contribution in [0, 0.1) is 0 Å². The molecule has 6 heteroatoms. The van der Waals surface area contributed by atoms with Crippen molar-refractivity contribution in [3.8, 4) is 16.9 Å². The number of aromatic nitrogens is 4. The molecule has 0 atom stereocenters. The first-order valence-corrected chi connectivity index (χ1v) is 10.7. The molecule has 6 nitrogen and oxygen atoms in total. The SMILES string of the molecule is COCCc1nc(-c2ccccc2)c2n1CCN(Cc1cccn1-c1cccnc1)C2. The second-order valence-corrected chi connectivity index (χ2v) is 7.88. The summed E-state index contributed by atoms with van der Waals surface area (Å²) in [6.07, 6.45) is 6.66. The highest BCUT2D eigenvalue weighted by Crippen LogP contribution is 2.29. The zero-order chi connectivity index (χ0) is 21.0. The van der Waals surface area contributed by atoms with Gasteiger partial charge in [0.05, 0.1) is 29.9 Å². The van der Waals surface area contributed by atoms with E-state index in [9.17, 15) is 0 Å². The first-order valence-electron chi connectivity index (χ1n) is 10.7. The van der Waals surface area contributed by atoms with Gasteiger partial charge in [-0.05, 0) is 24.3 Å². The van der Waals surface area contributed by atoms with Crippen molar-refractivity contribution in [2.75, 3.05) is 20.3 Å². The molecule has 0 unspecified atom stereocenters. The molecule has 1 aromatic carbocycles. The summed E-state index contributed by atoms with van der Waals surface area (Å²) in [5.41, 5.74) is 5.93. The molecule has 158 valence electrons. The van der Waals surface area contributed by atoms with Gasteiger partial charge in [0.2, 0.25) is 0 Å². The third-order valence-electron chi connectivity index (χ3n) is 5.88. The lowest BCUT2D eigenvalue weighted by Gasteiger charge is -2.30. The van der Waals surface area contributed by atoms with Gasteiger partial charge in [0.25, 0.3) is 0 Å². The Kier molecular flexibility index (Phi) is 5.65. The van der Waals surface area contributed by atoms with Crippen molar-refractivity contribution in [2.45, 2.75) is 26.1 Å². The Morgan fingerprint density at radius 2 is 1.90 bits per heavy atom. The van der Waals surface area contributed by atoms with Crippen LogP contribution in [0.5, 0.6) is 0 Å². The lowest BCUT2D eigenvalue weighted by atomic mass is 10.1. The fourth-order valence-electron chi connectivity index (χ4n) is 4.36. The molecule has 1 aliphatic heterocycles. The zero-order valence-electron chi connectivity index (χ0n) is 17.8. The van der Waals surface area contributed by atoms with E-state index in [1.54, 1.807) is 7.11 Å². The third-order valence-corrected chi connectivity index (χ3v) is 5.88. The Labute approximate surface area is 182 Å². The topological polar surface area (TPSA) is 48.1 Å². The first-order chi connectivity index (χ1) is 15.3. The molecule has 4 aromatic rings. The molecule has 0 saturated carbocycles. The van der Waals surface area contributed by atoms with Crippen molar-refractivity contribution in [3.63, 3.8) is 0 Å². The zero-order valence-corrected chi connectivity index (χ0v) is 17.8. The van der Waals surface area contributed by atoms with Crippen molar-refractivity contribution >= 4 is 0 Å². The van der Waals surface area contributed by atoms with E-state index in [1.165, 1.54) is 17.0 Å². The third kappa shape index (κ3) is 4.04. The minimum Gasteiger partial charge on any atom is -0.384 e. The molecule has 0 fully saturated rings. The Morgan fingerprint density at radius 3 is 2.71 bits per heavy atom. The molecule has 0 spiro atoms. The van der Waals surface area contributed by atoms with Gasteiger partial charge < -0.3 is 13.9 Å². The smallest absolute Gasteiger partial charge is 0.112 e. The number of hydrogen-bond donors (Lipinski definition) is 0. The molecule has 3 aromatic heterocycles. The van der Waals surface area contributed by atoms with E-state index in [-0.39, 0.29) is 0 Å². The monoisotopic (exact) mass is 413 g/mol. The minimum absolute atomic E-state index is 0.688. The molecule has 0 amide bonds. The van der Waals surface area contributed by atoms with E-state index in [0.29, 0.717) is 6.61 Å². The van der Waals surface area contributed by atoms with Crippen molar-refractivity contribution in [1.82, 2.24) is 24.0 Å². The summed E-state index contributed by atoms with van der Waals surface area (Å²) in [5, 5.41) is 0. The number of hydrogen-bond acceptors (Lipinski definition) is 4. The summed E-state index contributed by atoms with van der Waals surface area (Å²) >= 11 is 0. The summed E-state index contributed by atoms with van der Waals surface area (Å²) in [5.74, 6) is 1.12. The number of pyridine rings is 1. The summed E-state index contributed by atoms with van der Waals surface area (Å²) < 4.78 is 9.95. The predicted molar refractivity (Wildman–Crippen MR) is 121 cm³/mol. The first kappa shape index (κ1) is 19.7. The molecular formula is C25H27N5O. The van der Waals surface area contributed by atoms with Gasteiger partial charge >= 0.3 is 0 Å². The molecule has 0 bridgehead atoms. The Morgan fingerprint density at radius 1 is 1.00 bits per heavy atom. The van der Waals surface area contributed by atoms with E-state index in [1.807, 2.05) is 18.5 Å². The maximum Gasteiger partial charge on any atom is 0.112 e. The molecule has 1 aliphatic rings. The van der Waals surface area contributed by atoms with Crippen LogP contribution >= 0.6 is 0 Å². The average molecular weight is 414 g/mol. The molecule has 0 aliphatic carbocycles. The number of benzene rings is 1. The highest BCUT2D eigenvalue weighted by molar-refractivity contribution is 5.62. The van der Waals surface area contributed by atoms with Gasteiger partial charge in [0.1, 0.15) is 5.82 Å². The number of methoxy groups -OCH3 is 1. The summed E-state index contributed by atoms with van der Waals surface area (Å²) in [7, 11) is 1.75. The van der Waals surface area contributed by atoms with Crippen LogP contribution < -0.4 is 0 Å². The van der Waals surface area contributed by atoms with Gasteiger partial charge in [-0.15, -0.1) is 0 Å². The van der Waals surface area contributed by atoms with E-state index >= 15 is 0 Å². The van der Waals surface area contributed by atoms with Crippen LogP contribution in [0.2, 0.25) is 0 Å². The number of rotatable bonds is 7. The Bertz CT molecular complexity index is 1130.